The number of benzene rings is 1. The molecule has 1 heterocycles. The van der Waals surface area contributed by atoms with Gasteiger partial charge in [-0.05, 0) is 43.9 Å². The summed E-state index contributed by atoms with van der Waals surface area (Å²) in [7, 11) is 0. The SMILES string of the molecule is Cc1nnc(CC2(CN)CCC2)n1-c1ccccc1. The standard InChI is InChI=1S/C15H20N4/c1-12-17-18-14(10-15(11-16)8-5-9-15)19(12)13-6-3-2-4-7-13/h2-4,6-7H,5,8-11,16H2,1H3. The summed E-state index contributed by atoms with van der Waals surface area (Å²) in [6.07, 6.45) is 4.64. The van der Waals surface area contributed by atoms with Crippen LogP contribution in [0.1, 0.15) is 30.9 Å². The number of hydrogen-bond donors (Lipinski definition) is 1. The molecule has 0 bridgehead atoms. The van der Waals surface area contributed by atoms with Gasteiger partial charge in [0, 0.05) is 12.1 Å². The number of rotatable bonds is 4. The van der Waals surface area contributed by atoms with E-state index in [2.05, 4.69) is 26.9 Å². The molecule has 4 heteroatoms. The average molecular weight is 256 g/mol. The van der Waals surface area contributed by atoms with E-state index < -0.39 is 0 Å². The molecule has 1 aromatic heterocycles. The highest BCUT2D eigenvalue weighted by atomic mass is 15.3. The van der Waals surface area contributed by atoms with Crippen LogP contribution in [0.15, 0.2) is 30.3 Å². The van der Waals surface area contributed by atoms with E-state index in [4.69, 9.17) is 5.73 Å². The fourth-order valence-electron chi connectivity index (χ4n) is 2.90. The molecule has 1 aromatic carbocycles. The van der Waals surface area contributed by atoms with E-state index in [-0.39, 0.29) is 5.41 Å². The van der Waals surface area contributed by atoms with Gasteiger partial charge in [0.05, 0.1) is 0 Å². The summed E-state index contributed by atoms with van der Waals surface area (Å²) in [6.45, 7) is 2.74. The predicted octanol–water partition coefficient (Wildman–Crippen LogP) is 2.25. The van der Waals surface area contributed by atoms with Crippen molar-refractivity contribution in [3.63, 3.8) is 0 Å². The number of nitrogens with two attached hydrogens (primary N) is 1. The van der Waals surface area contributed by atoms with Crippen molar-refractivity contribution < 1.29 is 0 Å². The van der Waals surface area contributed by atoms with Gasteiger partial charge in [0.25, 0.3) is 0 Å². The summed E-state index contributed by atoms with van der Waals surface area (Å²) < 4.78 is 2.15. The van der Waals surface area contributed by atoms with Crippen molar-refractivity contribution in [2.45, 2.75) is 32.6 Å². The van der Waals surface area contributed by atoms with Gasteiger partial charge >= 0.3 is 0 Å². The predicted molar refractivity (Wildman–Crippen MR) is 75.1 cm³/mol. The first-order valence-electron chi connectivity index (χ1n) is 6.90. The van der Waals surface area contributed by atoms with Crippen LogP contribution in [0.2, 0.25) is 0 Å². The molecule has 0 amide bonds. The van der Waals surface area contributed by atoms with Gasteiger partial charge in [-0.2, -0.15) is 0 Å². The molecular formula is C15H20N4. The molecule has 0 atom stereocenters. The maximum Gasteiger partial charge on any atom is 0.138 e. The molecular weight excluding hydrogens is 236 g/mol. The Labute approximate surface area is 113 Å². The zero-order chi connectivity index (χ0) is 13.3. The Morgan fingerprint density at radius 2 is 1.95 bits per heavy atom. The Balaban J connectivity index is 1.95. The van der Waals surface area contributed by atoms with E-state index in [1.807, 2.05) is 25.1 Å². The summed E-state index contributed by atoms with van der Waals surface area (Å²) in [5, 5.41) is 8.61. The van der Waals surface area contributed by atoms with Crippen LogP contribution in [0.5, 0.6) is 0 Å². The number of aryl methyl sites for hydroxylation is 1. The molecule has 0 unspecified atom stereocenters. The van der Waals surface area contributed by atoms with Crippen LogP contribution in [0.3, 0.4) is 0 Å². The Bertz CT molecular complexity index is 549. The Kier molecular flexibility index (Phi) is 3.11. The second kappa shape index (κ2) is 4.78. The summed E-state index contributed by atoms with van der Waals surface area (Å²) >= 11 is 0. The zero-order valence-corrected chi connectivity index (χ0v) is 11.3. The summed E-state index contributed by atoms with van der Waals surface area (Å²) in [6, 6.07) is 10.3. The molecule has 0 saturated heterocycles. The van der Waals surface area contributed by atoms with Gasteiger partial charge in [0.1, 0.15) is 11.6 Å². The molecule has 1 aliphatic rings. The van der Waals surface area contributed by atoms with Crippen molar-refractivity contribution in [1.82, 2.24) is 14.8 Å². The molecule has 1 aliphatic carbocycles. The van der Waals surface area contributed by atoms with Crippen LogP contribution < -0.4 is 5.73 Å². The lowest BCUT2D eigenvalue weighted by atomic mass is 9.66. The molecule has 0 spiro atoms. The van der Waals surface area contributed by atoms with Crippen molar-refractivity contribution >= 4 is 0 Å². The molecule has 4 nitrogen and oxygen atoms in total. The second-order valence-corrected chi connectivity index (χ2v) is 5.57. The van der Waals surface area contributed by atoms with E-state index in [0.29, 0.717) is 0 Å². The van der Waals surface area contributed by atoms with Crippen LogP contribution in [-0.2, 0) is 6.42 Å². The van der Waals surface area contributed by atoms with E-state index >= 15 is 0 Å². The monoisotopic (exact) mass is 256 g/mol. The van der Waals surface area contributed by atoms with Crippen molar-refractivity contribution in [2.24, 2.45) is 11.1 Å². The lowest BCUT2D eigenvalue weighted by Gasteiger charge is -2.40. The van der Waals surface area contributed by atoms with E-state index in [1.54, 1.807) is 0 Å². The highest BCUT2D eigenvalue weighted by molar-refractivity contribution is 5.34. The highest BCUT2D eigenvalue weighted by Crippen LogP contribution is 2.42. The molecule has 100 valence electrons. The molecule has 3 rings (SSSR count). The molecule has 19 heavy (non-hydrogen) atoms. The molecule has 1 saturated carbocycles. The summed E-state index contributed by atoms with van der Waals surface area (Å²) in [5.74, 6) is 1.97. The zero-order valence-electron chi connectivity index (χ0n) is 11.3. The van der Waals surface area contributed by atoms with Gasteiger partial charge in [0.15, 0.2) is 0 Å². The Morgan fingerprint density at radius 3 is 2.53 bits per heavy atom. The van der Waals surface area contributed by atoms with Gasteiger partial charge in [-0.1, -0.05) is 24.6 Å². The third-order valence-electron chi connectivity index (χ3n) is 4.29. The van der Waals surface area contributed by atoms with Crippen molar-refractivity contribution in [1.29, 1.82) is 0 Å². The van der Waals surface area contributed by atoms with Crippen molar-refractivity contribution in [3.05, 3.63) is 42.0 Å². The van der Waals surface area contributed by atoms with Crippen LogP contribution in [0.4, 0.5) is 0 Å². The number of aromatic nitrogens is 3. The van der Waals surface area contributed by atoms with Gasteiger partial charge in [0.2, 0.25) is 0 Å². The first-order chi connectivity index (χ1) is 9.24. The number of para-hydroxylation sites is 1. The van der Waals surface area contributed by atoms with Gasteiger partial charge in [-0.3, -0.25) is 4.57 Å². The topological polar surface area (TPSA) is 56.7 Å². The quantitative estimate of drug-likeness (QED) is 0.912. The fraction of sp³-hybridized carbons (Fsp3) is 0.467. The number of hydrogen-bond acceptors (Lipinski definition) is 3. The molecule has 2 N–H and O–H groups in total. The largest absolute Gasteiger partial charge is 0.330 e. The van der Waals surface area contributed by atoms with Crippen LogP contribution >= 0.6 is 0 Å². The van der Waals surface area contributed by atoms with Gasteiger partial charge in [-0.25, -0.2) is 0 Å². The van der Waals surface area contributed by atoms with Gasteiger partial charge in [-0.15, -0.1) is 10.2 Å². The fourth-order valence-corrected chi connectivity index (χ4v) is 2.90. The van der Waals surface area contributed by atoms with Crippen LogP contribution in [-0.4, -0.2) is 21.3 Å². The van der Waals surface area contributed by atoms with Crippen LogP contribution in [0, 0.1) is 12.3 Å². The first-order valence-corrected chi connectivity index (χ1v) is 6.90. The molecule has 1 fully saturated rings. The minimum Gasteiger partial charge on any atom is -0.330 e. The molecule has 0 radical (unpaired) electrons. The highest BCUT2D eigenvalue weighted by Gasteiger charge is 2.37. The third kappa shape index (κ3) is 2.16. The minimum atomic E-state index is 0.256. The Hall–Kier alpha value is -1.68. The second-order valence-electron chi connectivity index (χ2n) is 5.57. The average Bonchev–Trinajstić information content (AvgIpc) is 2.76. The van der Waals surface area contributed by atoms with E-state index in [0.717, 1.165) is 30.3 Å². The summed E-state index contributed by atoms with van der Waals surface area (Å²) in [5.41, 5.74) is 7.34. The summed E-state index contributed by atoms with van der Waals surface area (Å²) in [4.78, 5) is 0. The first kappa shape index (κ1) is 12.4. The lowest BCUT2D eigenvalue weighted by Crippen LogP contribution is -2.39. The molecule has 0 aliphatic heterocycles. The smallest absolute Gasteiger partial charge is 0.138 e. The maximum atomic E-state index is 5.95. The minimum absolute atomic E-state index is 0.256. The van der Waals surface area contributed by atoms with Crippen LogP contribution in [0.25, 0.3) is 5.69 Å². The third-order valence-corrected chi connectivity index (χ3v) is 4.29. The lowest BCUT2D eigenvalue weighted by molar-refractivity contribution is 0.141. The Morgan fingerprint density at radius 1 is 1.21 bits per heavy atom. The van der Waals surface area contributed by atoms with Crippen molar-refractivity contribution in [2.75, 3.05) is 6.54 Å². The maximum absolute atomic E-state index is 5.95. The van der Waals surface area contributed by atoms with E-state index in [1.165, 1.54) is 19.3 Å². The van der Waals surface area contributed by atoms with Crippen molar-refractivity contribution in [3.8, 4) is 5.69 Å². The normalized spacial score (nSPS) is 17.2. The van der Waals surface area contributed by atoms with Gasteiger partial charge < -0.3 is 5.73 Å². The van der Waals surface area contributed by atoms with E-state index in [9.17, 15) is 0 Å². The molecule has 2 aromatic rings. The number of nitrogens with zero attached hydrogens (tertiary/aromatic N) is 3.